The molecule has 10 heteroatoms. The number of rotatable bonds is 5. The Bertz CT molecular complexity index is 1130. The van der Waals surface area contributed by atoms with Gasteiger partial charge in [-0.3, -0.25) is 14.5 Å². The number of halogens is 3. The van der Waals surface area contributed by atoms with Gasteiger partial charge in [-0.15, -0.1) is 12.4 Å². The van der Waals surface area contributed by atoms with Gasteiger partial charge in [0.05, 0.1) is 6.54 Å². The highest BCUT2D eigenvalue weighted by atomic mass is 79.9. The van der Waals surface area contributed by atoms with E-state index < -0.39 is 0 Å². The lowest BCUT2D eigenvalue weighted by Gasteiger charge is -2.31. The maximum atomic E-state index is 12.4. The number of fused-ring (bicyclic) bond motifs is 2. The van der Waals surface area contributed by atoms with Gasteiger partial charge in [-0.2, -0.15) is 0 Å². The van der Waals surface area contributed by atoms with E-state index in [1.807, 2.05) is 59.0 Å². The summed E-state index contributed by atoms with van der Waals surface area (Å²) < 4.78 is 0. The number of benzene rings is 2. The molecule has 2 fully saturated rings. The Morgan fingerprint density at radius 2 is 1.31 bits per heavy atom. The molecule has 0 bridgehead atoms. The highest BCUT2D eigenvalue weighted by Gasteiger charge is 2.26. The summed E-state index contributed by atoms with van der Waals surface area (Å²) in [6, 6.07) is 17.1. The first-order valence-corrected chi connectivity index (χ1v) is 18.6. The molecule has 4 heterocycles. The minimum Gasteiger partial charge on any atom is -0.337 e. The van der Waals surface area contributed by atoms with Crippen molar-refractivity contribution in [3.05, 3.63) is 70.8 Å². The van der Waals surface area contributed by atoms with Crippen molar-refractivity contribution in [1.29, 1.82) is 0 Å². The lowest BCUT2D eigenvalue weighted by atomic mass is 9.99. The monoisotopic (exact) mass is 772 g/mol. The Morgan fingerprint density at radius 3 is 1.76 bits per heavy atom. The van der Waals surface area contributed by atoms with Crippen LogP contribution in [-0.4, -0.2) is 102 Å². The van der Waals surface area contributed by atoms with Crippen LogP contribution < -0.4 is 5.32 Å². The van der Waals surface area contributed by atoms with Gasteiger partial charge in [-0.1, -0.05) is 75.7 Å². The van der Waals surface area contributed by atoms with Gasteiger partial charge in [0.2, 0.25) is 0 Å². The molecule has 4 aliphatic rings. The lowest BCUT2D eigenvalue weighted by Crippen LogP contribution is -2.43. The molecule has 2 atom stereocenters. The van der Waals surface area contributed by atoms with Crippen LogP contribution in [-0.2, 0) is 17.6 Å². The smallest absolute Gasteiger partial charge is 0.254 e. The van der Waals surface area contributed by atoms with Crippen molar-refractivity contribution in [1.82, 2.24) is 20.0 Å². The number of aldehydes is 1. The molecule has 2 saturated heterocycles. The molecule has 0 radical (unpaired) electrons. The Morgan fingerprint density at radius 1 is 0.778 bits per heavy atom. The van der Waals surface area contributed by atoms with Crippen LogP contribution in [0.1, 0.15) is 78.8 Å². The van der Waals surface area contributed by atoms with Gasteiger partial charge >= 0.3 is 0 Å². The fourth-order valence-electron chi connectivity index (χ4n) is 5.86. The SMILES string of the molecule is C.CBr.CBr.C[C@@H]1CCCN1.C[C@@H]1CCCN1CCN1CCc2ccccc2C1=O.Cl.O=CCN1CCc2ccccc2C1=O. The molecule has 2 aromatic rings. The first-order chi connectivity index (χ1) is 21.0. The standard InChI is InChI=1S/C16H22N2O.C11H11NO2.C5H11N.2CH3Br.CH4.ClH/c1-13-5-4-9-17(13)11-12-18-10-8-14-6-2-3-7-15(14)16(18)19;13-8-7-12-6-5-9-3-1-2-4-10(9)11(12)14;1-5-3-2-4-6-5;2*1-2;;/h2-3,6-7,13H,4-5,8-12H2,1H3;1-4,8H,5-7H2;5-6H,2-4H2,1H3;2*1H3;1H4;1H/t13-;;5-;;;;/m1.1..../s1. The molecule has 0 aromatic heterocycles. The van der Waals surface area contributed by atoms with E-state index in [2.05, 4.69) is 62.0 Å². The fourth-order valence-corrected chi connectivity index (χ4v) is 5.86. The van der Waals surface area contributed by atoms with Crippen molar-refractivity contribution >= 4 is 62.4 Å². The summed E-state index contributed by atoms with van der Waals surface area (Å²) in [7, 11) is 0. The van der Waals surface area contributed by atoms with Crippen LogP contribution in [0.4, 0.5) is 0 Å². The molecular weight excluding hydrogens is 720 g/mol. The lowest BCUT2D eigenvalue weighted by molar-refractivity contribution is -0.108. The van der Waals surface area contributed by atoms with E-state index in [-0.39, 0.29) is 38.2 Å². The fraction of sp³-hybridized carbons (Fsp3) is 0.571. The quantitative estimate of drug-likeness (QED) is 0.265. The van der Waals surface area contributed by atoms with Crippen LogP contribution in [0.2, 0.25) is 0 Å². The van der Waals surface area contributed by atoms with Crippen molar-refractivity contribution < 1.29 is 14.4 Å². The number of likely N-dealkylation sites (tertiary alicyclic amines) is 1. The van der Waals surface area contributed by atoms with Crippen molar-refractivity contribution in [3.8, 4) is 0 Å². The number of carbonyl (C=O) groups is 3. The second kappa shape index (κ2) is 24.4. The van der Waals surface area contributed by atoms with Gasteiger partial charge in [0.1, 0.15) is 6.29 Å². The summed E-state index contributed by atoms with van der Waals surface area (Å²) in [6.07, 6.45) is 7.97. The second-order valence-electron chi connectivity index (χ2n) is 11.0. The van der Waals surface area contributed by atoms with E-state index in [4.69, 9.17) is 0 Å². The molecule has 2 amide bonds. The maximum Gasteiger partial charge on any atom is 0.254 e. The van der Waals surface area contributed by atoms with Gasteiger partial charge < -0.3 is 19.9 Å². The number of hydrogen-bond acceptors (Lipinski definition) is 5. The summed E-state index contributed by atoms with van der Waals surface area (Å²) in [5, 5.41) is 3.32. The molecule has 0 saturated carbocycles. The third-order valence-corrected chi connectivity index (χ3v) is 8.32. The van der Waals surface area contributed by atoms with Crippen LogP contribution in [0.3, 0.4) is 0 Å². The normalized spacial score (nSPS) is 19.6. The molecule has 0 aliphatic carbocycles. The maximum absolute atomic E-state index is 12.4. The Balaban J connectivity index is 0.000000656. The van der Waals surface area contributed by atoms with Crippen LogP contribution >= 0.6 is 44.3 Å². The largest absolute Gasteiger partial charge is 0.337 e. The summed E-state index contributed by atoms with van der Waals surface area (Å²) >= 11 is 5.88. The van der Waals surface area contributed by atoms with Gasteiger partial charge in [-0.25, -0.2) is 0 Å². The molecule has 4 aliphatic heterocycles. The predicted octanol–water partition coefficient (Wildman–Crippen LogP) is 6.89. The van der Waals surface area contributed by atoms with Gasteiger partial charge in [0.15, 0.2) is 0 Å². The number of carbonyl (C=O) groups excluding carboxylic acids is 3. The van der Waals surface area contributed by atoms with E-state index >= 15 is 0 Å². The van der Waals surface area contributed by atoms with E-state index in [9.17, 15) is 14.4 Å². The summed E-state index contributed by atoms with van der Waals surface area (Å²) in [6.45, 7) is 10.6. The third-order valence-electron chi connectivity index (χ3n) is 8.32. The average molecular weight is 775 g/mol. The first kappa shape index (κ1) is 43.2. The number of alkyl halides is 2. The highest BCUT2D eigenvalue weighted by molar-refractivity contribution is 9.09. The summed E-state index contributed by atoms with van der Waals surface area (Å²) in [4.78, 5) is 40.6. The van der Waals surface area contributed by atoms with Crippen molar-refractivity contribution in [3.63, 3.8) is 0 Å². The first-order valence-electron chi connectivity index (χ1n) is 15.4. The number of nitrogens with one attached hydrogen (secondary N) is 1. The van der Waals surface area contributed by atoms with Crippen molar-refractivity contribution in [2.24, 2.45) is 0 Å². The highest BCUT2D eigenvalue weighted by Crippen LogP contribution is 2.20. The van der Waals surface area contributed by atoms with Crippen molar-refractivity contribution in [2.45, 2.75) is 71.9 Å². The minimum atomic E-state index is -0.0287. The third kappa shape index (κ3) is 13.5. The van der Waals surface area contributed by atoms with E-state index in [1.54, 1.807) is 4.90 Å². The zero-order valence-electron chi connectivity index (χ0n) is 26.8. The Hall–Kier alpha value is -1.78. The van der Waals surface area contributed by atoms with E-state index in [0.29, 0.717) is 12.6 Å². The van der Waals surface area contributed by atoms with E-state index in [0.717, 1.165) is 61.5 Å². The minimum absolute atomic E-state index is 0. The second-order valence-corrected chi connectivity index (χ2v) is 11.0. The molecule has 45 heavy (non-hydrogen) atoms. The van der Waals surface area contributed by atoms with Gasteiger partial charge in [0.25, 0.3) is 11.8 Å². The molecule has 6 rings (SSSR count). The zero-order chi connectivity index (χ0) is 31.6. The summed E-state index contributed by atoms with van der Waals surface area (Å²) in [5.74, 6) is 3.81. The zero-order valence-corrected chi connectivity index (χ0v) is 30.8. The van der Waals surface area contributed by atoms with Crippen LogP contribution in [0.25, 0.3) is 0 Å². The number of hydrogen-bond donors (Lipinski definition) is 1. The van der Waals surface area contributed by atoms with E-state index in [1.165, 1.54) is 44.3 Å². The summed E-state index contributed by atoms with van der Waals surface area (Å²) in [5.41, 5.74) is 3.93. The van der Waals surface area contributed by atoms with Crippen LogP contribution in [0.15, 0.2) is 48.5 Å². The van der Waals surface area contributed by atoms with Gasteiger partial charge in [0, 0.05) is 49.4 Å². The molecule has 254 valence electrons. The Kier molecular flexibility index (Phi) is 23.4. The van der Waals surface area contributed by atoms with Crippen molar-refractivity contribution in [2.75, 3.05) is 57.5 Å². The molecule has 2 aromatic carbocycles. The van der Waals surface area contributed by atoms with Gasteiger partial charge in [-0.05, 0) is 100 Å². The molecule has 0 unspecified atom stereocenters. The Labute approximate surface area is 295 Å². The molecular formula is C35H55Br2ClN4O3. The number of nitrogens with zero attached hydrogens (tertiary/aromatic N) is 3. The molecule has 0 spiro atoms. The predicted molar refractivity (Wildman–Crippen MR) is 199 cm³/mol. The molecule has 1 N–H and O–H groups in total. The topological polar surface area (TPSA) is 73.0 Å². The average Bonchev–Trinajstić information content (AvgIpc) is 3.71. The van der Waals surface area contributed by atoms with Crippen LogP contribution in [0, 0.1) is 0 Å². The van der Waals surface area contributed by atoms with Crippen LogP contribution in [0.5, 0.6) is 0 Å². The molecule has 7 nitrogen and oxygen atoms in total. The number of amides is 2.